The van der Waals surface area contributed by atoms with E-state index in [4.69, 9.17) is 4.74 Å². The maximum absolute atomic E-state index is 12.7. The molecule has 0 saturated carbocycles. The molecule has 0 N–H and O–H groups in total. The number of aromatic nitrogens is 3. The van der Waals surface area contributed by atoms with E-state index in [0.717, 1.165) is 29.1 Å². The molecule has 0 atom stereocenters. The summed E-state index contributed by atoms with van der Waals surface area (Å²) in [5.74, 6) is 0.656. The number of methoxy groups -OCH3 is 1. The molecular formula is C20H22N4O2. The molecule has 134 valence electrons. The highest BCUT2D eigenvalue weighted by Crippen LogP contribution is 2.18. The lowest BCUT2D eigenvalue weighted by Crippen LogP contribution is -2.29. The fourth-order valence-corrected chi connectivity index (χ4v) is 2.73. The normalized spacial score (nSPS) is 10.6. The first-order chi connectivity index (χ1) is 12.6. The van der Waals surface area contributed by atoms with Crippen molar-refractivity contribution in [1.29, 1.82) is 0 Å². The van der Waals surface area contributed by atoms with Crippen LogP contribution in [0.2, 0.25) is 0 Å². The predicted octanol–water partition coefficient (Wildman–Crippen LogP) is 2.90. The van der Waals surface area contributed by atoms with Gasteiger partial charge in [-0.15, -0.1) is 0 Å². The highest BCUT2D eigenvalue weighted by molar-refractivity contribution is 5.92. The van der Waals surface area contributed by atoms with Crippen LogP contribution in [0.15, 0.2) is 54.9 Å². The van der Waals surface area contributed by atoms with Gasteiger partial charge in [-0.1, -0.05) is 6.07 Å². The minimum atomic E-state index is -0.0937. The summed E-state index contributed by atoms with van der Waals surface area (Å²) in [6.45, 7) is 2.55. The zero-order chi connectivity index (χ0) is 18.5. The van der Waals surface area contributed by atoms with Gasteiger partial charge in [0.25, 0.3) is 5.91 Å². The minimum Gasteiger partial charge on any atom is -0.497 e. The molecule has 2 heterocycles. The van der Waals surface area contributed by atoms with Crippen molar-refractivity contribution in [3.05, 3.63) is 71.8 Å². The molecule has 3 rings (SSSR count). The molecular weight excluding hydrogens is 328 g/mol. The molecule has 0 bridgehead atoms. The second kappa shape index (κ2) is 7.82. The van der Waals surface area contributed by atoms with Gasteiger partial charge in [0.05, 0.1) is 12.8 Å². The Kier molecular flexibility index (Phi) is 5.31. The number of nitrogens with zero attached hydrogens (tertiary/aromatic N) is 4. The third kappa shape index (κ3) is 3.91. The van der Waals surface area contributed by atoms with Gasteiger partial charge in [0.2, 0.25) is 0 Å². The molecule has 0 aliphatic rings. The summed E-state index contributed by atoms with van der Waals surface area (Å²) in [4.78, 5) is 18.4. The van der Waals surface area contributed by atoms with Crippen LogP contribution in [0.5, 0.6) is 5.75 Å². The number of hydrogen-bond acceptors (Lipinski definition) is 4. The van der Waals surface area contributed by atoms with Gasteiger partial charge in [0.15, 0.2) is 5.69 Å². The van der Waals surface area contributed by atoms with E-state index in [1.54, 1.807) is 36.1 Å². The Balaban J connectivity index is 1.73. The Hall–Kier alpha value is -3.15. The Bertz CT molecular complexity index is 890. The molecule has 3 aromatic rings. The Morgan fingerprint density at radius 1 is 1.19 bits per heavy atom. The molecule has 0 spiro atoms. The molecule has 0 aliphatic carbocycles. The second-order valence-corrected chi connectivity index (χ2v) is 6.12. The highest BCUT2D eigenvalue weighted by Gasteiger charge is 2.17. The molecule has 0 unspecified atom stereocenters. The van der Waals surface area contributed by atoms with E-state index in [9.17, 15) is 4.79 Å². The van der Waals surface area contributed by atoms with Crippen LogP contribution in [0.1, 0.15) is 21.7 Å². The summed E-state index contributed by atoms with van der Waals surface area (Å²) in [6, 6.07) is 13.3. The summed E-state index contributed by atoms with van der Waals surface area (Å²) in [5, 5.41) is 4.49. The van der Waals surface area contributed by atoms with E-state index in [2.05, 4.69) is 10.1 Å². The first kappa shape index (κ1) is 17.7. The van der Waals surface area contributed by atoms with Crippen LogP contribution in [-0.2, 0) is 6.42 Å². The number of benzene rings is 1. The molecule has 1 amide bonds. The molecule has 1 aromatic carbocycles. The first-order valence-electron chi connectivity index (χ1n) is 8.44. The summed E-state index contributed by atoms with van der Waals surface area (Å²) in [7, 11) is 3.42. The van der Waals surface area contributed by atoms with Crippen LogP contribution in [0, 0.1) is 6.92 Å². The molecule has 2 aromatic heterocycles. The van der Waals surface area contributed by atoms with Crippen molar-refractivity contribution < 1.29 is 9.53 Å². The fourth-order valence-electron chi connectivity index (χ4n) is 2.73. The van der Waals surface area contributed by atoms with Crippen molar-refractivity contribution in [2.75, 3.05) is 20.7 Å². The monoisotopic (exact) mass is 350 g/mol. The van der Waals surface area contributed by atoms with Gasteiger partial charge in [0.1, 0.15) is 5.75 Å². The third-order valence-corrected chi connectivity index (χ3v) is 4.24. The van der Waals surface area contributed by atoms with Crippen LogP contribution in [-0.4, -0.2) is 46.3 Å². The van der Waals surface area contributed by atoms with Crippen LogP contribution in [0.25, 0.3) is 5.69 Å². The lowest BCUT2D eigenvalue weighted by molar-refractivity contribution is 0.0790. The van der Waals surface area contributed by atoms with Crippen molar-refractivity contribution in [1.82, 2.24) is 19.7 Å². The quantitative estimate of drug-likeness (QED) is 0.686. The molecule has 0 aliphatic heterocycles. The van der Waals surface area contributed by atoms with E-state index >= 15 is 0 Å². The standard InChI is InChI=1S/C20H22N4O2/c1-15-13-19(22-24(15)17-5-4-6-18(14-17)26-3)20(25)23(2)12-9-16-7-10-21-11-8-16/h4-8,10-11,13-14H,9,12H2,1-3H3. The lowest BCUT2D eigenvalue weighted by Gasteiger charge is -2.15. The Morgan fingerprint density at radius 3 is 2.69 bits per heavy atom. The molecule has 6 nitrogen and oxygen atoms in total. The number of carbonyl (C=O) groups excluding carboxylic acids is 1. The number of likely N-dealkylation sites (N-methyl/N-ethyl adjacent to an activating group) is 1. The molecule has 26 heavy (non-hydrogen) atoms. The summed E-state index contributed by atoms with van der Waals surface area (Å²) in [5.41, 5.74) is 3.34. The topological polar surface area (TPSA) is 60.3 Å². The number of rotatable bonds is 6. The fraction of sp³-hybridized carbons (Fsp3) is 0.250. The van der Waals surface area contributed by atoms with E-state index in [1.807, 2.05) is 49.4 Å². The second-order valence-electron chi connectivity index (χ2n) is 6.12. The summed E-state index contributed by atoms with van der Waals surface area (Å²) < 4.78 is 7.02. The minimum absolute atomic E-state index is 0.0937. The van der Waals surface area contributed by atoms with Crippen molar-refractivity contribution in [3.63, 3.8) is 0 Å². The highest BCUT2D eigenvalue weighted by atomic mass is 16.5. The number of hydrogen-bond donors (Lipinski definition) is 0. The molecule has 0 saturated heterocycles. The van der Waals surface area contributed by atoms with Crippen LogP contribution in [0.4, 0.5) is 0 Å². The summed E-state index contributed by atoms with van der Waals surface area (Å²) in [6.07, 6.45) is 4.30. The number of pyridine rings is 1. The smallest absolute Gasteiger partial charge is 0.274 e. The molecule has 0 fully saturated rings. The van der Waals surface area contributed by atoms with E-state index < -0.39 is 0 Å². The number of amides is 1. The molecule has 6 heteroatoms. The van der Waals surface area contributed by atoms with E-state index in [0.29, 0.717) is 12.2 Å². The van der Waals surface area contributed by atoms with Gasteiger partial charge in [-0.05, 0) is 49.2 Å². The van der Waals surface area contributed by atoms with Crippen LogP contribution >= 0.6 is 0 Å². The zero-order valence-corrected chi connectivity index (χ0v) is 15.2. The first-order valence-corrected chi connectivity index (χ1v) is 8.44. The SMILES string of the molecule is COc1cccc(-n2nc(C(=O)N(C)CCc3ccncc3)cc2C)c1. The van der Waals surface area contributed by atoms with Gasteiger partial charge in [-0.3, -0.25) is 9.78 Å². The maximum Gasteiger partial charge on any atom is 0.274 e. The van der Waals surface area contributed by atoms with Crippen LogP contribution in [0.3, 0.4) is 0 Å². The average molecular weight is 350 g/mol. The van der Waals surface area contributed by atoms with Crippen LogP contribution < -0.4 is 4.74 Å². The third-order valence-electron chi connectivity index (χ3n) is 4.24. The van der Waals surface area contributed by atoms with Gasteiger partial charge in [0, 0.05) is 37.7 Å². The van der Waals surface area contributed by atoms with Crippen molar-refractivity contribution in [2.45, 2.75) is 13.3 Å². The van der Waals surface area contributed by atoms with Gasteiger partial charge < -0.3 is 9.64 Å². The zero-order valence-electron chi connectivity index (χ0n) is 15.2. The lowest BCUT2D eigenvalue weighted by atomic mass is 10.2. The number of carbonyl (C=O) groups is 1. The van der Waals surface area contributed by atoms with Gasteiger partial charge in [-0.25, -0.2) is 4.68 Å². The van der Waals surface area contributed by atoms with E-state index in [1.165, 1.54) is 0 Å². The average Bonchev–Trinajstić information content (AvgIpc) is 3.08. The largest absolute Gasteiger partial charge is 0.497 e. The van der Waals surface area contributed by atoms with Gasteiger partial charge in [-0.2, -0.15) is 5.10 Å². The predicted molar refractivity (Wildman–Crippen MR) is 99.8 cm³/mol. The number of ether oxygens (including phenoxy) is 1. The Morgan fingerprint density at radius 2 is 1.96 bits per heavy atom. The summed E-state index contributed by atoms with van der Waals surface area (Å²) >= 11 is 0. The molecule has 0 radical (unpaired) electrons. The van der Waals surface area contributed by atoms with Crippen molar-refractivity contribution in [2.24, 2.45) is 0 Å². The number of aryl methyl sites for hydroxylation is 1. The maximum atomic E-state index is 12.7. The Labute approximate surface area is 153 Å². The van der Waals surface area contributed by atoms with E-state index in [-0.39, 0.29) is 5.91 Å². The van der Waals surface area contributed by atoms with Crippen molar-refractivity contribution >= 4 is 5.91 Å². The van der Waals surface area contributed by atoms with Crippen molar-refractivity contribution in [3.8, 4) is 11.4 Å². The van der Waals surface area contributed by atoms with Gasteiger partial charge >= 0.3 is 0 Å².